The number of halogens is 1. The van der Waals surface area contributed by atoms with Gasteiger partial charge in [-0.05, 0) is 47.9 Å². The molecule has 1 heterocycles. The van der Waals surface area contributed by atoms with Crippen LogP contribution in [0.15, 0.2) is 46.9 Å². The number of likely N-dealkylation sites (N-methyl/N-ethyl adjacent to an activating group) is 1. The van der Waals surface area contributed by atoms with Crippen LogP contribution in [0, 0.1) is 0 Å². The zero-order chi connectivity index (χ0) is 15.9. The van der Waals surface area contributed by atoms with E-state index in [4.69, 9.17) is 0 Å². The first-order valence-corrected chi connectivity index (χ1v) is 8.10. The number of hydrogen-bond acceptors (Lipinski definition) is 2. The van der Waals surface area contributed by atoms with Gasteiger partial charge in [0.1, 0.15) is 0 Å². The Morgan fingerprint density at radius 3 is 2.45 bits per heavy atom. The summed E-state index contributed by atoms with van der Waals surface area (Å²) in [6, 6.07) is 14.5. The van der Waals surface area contributed by atoms with Crippen molar-refractivity contribution in [3.63, 3.8) is 0 Å². The molecular weight excluding hydrogens is 340 g/mol. The van der Waals surface area contributed by atoms with E-state index in [9.17, 15) is 4.79 Å². The second kappa shape index (κ2) is 5.76. The van der Waals surface area contributed by atoms with Crippen LogP contribution in [0.1, 0.15) is 17.0 Å². The highest BCUT2D eigenvalue weighted by Crippen LogP contribution is 2.39. The van der Waals surface area contributed by atoms with Gasteiger partial charge in [-0.3, -0.25) is 4.79 Å². The van der Waals surface area contributed by atoms with Crippen LogP contribution in [0.3, 0.4) is 0 Å². The molecule has 1 aliphatic heterocycles. The fourth-order valence-electron chi connectivity index (χ4n) is 2.96. The number of nitrogens with zero attached hydrogens (tertiary/aromatic N) is 2. The summed E-state index contributed by atoms with van der Waals surface area (Å²) in [4.78, 5) is 16.4. The van der Waals surface area contributed by atoms with Crippen LogP contribution in [0.25, 0.3) is 0 Å². The smallest absolute Gasteiger partial charge is 0.234 e. The molecule has 0 saturated heterocycles. The van der Waals surface area contributed by atoms with Crippen molar-refractivity contribution in [2.75, 3.05) is 30.9 Å². The predicted molar refractivity (Wildman–Crippen MR) is 94.8 cm³/mol. The van der Waals surface area contributed by atoms with Gasteiger partial charge in [0.2, 0.25) is 5.91 Å². The molecule has 0 radical (unpaired) electrons. The SMILES string of the molecule is CN(C)c1ccc(C[C@H]2C(=O)N(C)c3ccc(Br)cc32)cc1. The van der Waals surface area contributed by atoms with Crippen LogP contribution in [-0.4, -0.2) is 27.1 Å². The second-order valence-corrected chi connectivity index (χ2v) is 6.83. The third kappa shape index (κ3) is 2.63. The van der Waals surface area contributed by atoms with E-state index in [1.54, 1.807) is 4.90 Å². The topological polar surface area (TPSA) is 23.6 Å². The van der Waals surface area contributed by atoms with Crippen LogP contribution >= 0.6 is 15.9 Å². The zero-order valence-electron chi connectivity index (χ0n) is 13.0. The van der Waals surface area contributed by atoms with Crippen molar-refractivity contribution in [1.29, 1.82) is 0 Å². The molecule has 1 atom stereocenters. The summed E-state index contributed by atoms with van der Waals surface area (Å²) in [6.45, 7) is 0. The van der Waals surface area contributed by atoms with Gasteiger partial charge in [-0.15, -0.1) is 0 Å². The standard InChI is InChI=1S/C18H19BrN2O/c1-20(2)14-7-4-12(5-8-14)10-16-15-11-13(19)6-9-17(15)21(3)18(16)22/h4-9,11,16H,10H2,1-3H3/t16-/m1/s1. The summed E-state index contributed by atoms with van der Waals surface area (Å²) in [5, 5.41) is 0. The molecule has 22 heavy (non-hydrogen) atoms. The normalized spacial score (nSPS) is 16.8. The van der Waals surface area contributed by atoms with Gasteiger partial charge >= 0.3 is 0 Å². The Hall–Kier alpha value is -1.81. The number of carbonyl (C=O) groups is 1. The maximum Gasteiger partial charge on any atom is 0.234 e. The molecule has 3 nitrogen and oxygen atoms in total. The molecule has 1 amide bonds. The Morgan fingerprint density at radius 1 is 1.14 bits per heavy atom. The fraction of sp³-hybridized carbons (Fsp3) is 0.278. The highest BCUT2D eigenvalue weighted by atomic mass is 79.9. The fourth-order valence-corrected chi connectivity index (χ4v) is 3.34. The number of anilines is 2. The Labute approximate surface area is 139 Å². The summed E-state index contributed by atoms with van der Waals surface area (Å²) < 4.78 is 1.02. The number of rotatable bonds is 3. The van der Waals surface area contributed by atoms with E-state index in [0.29, 0.717) is 0 Å². The minimum Gasteiger partial charge on any atom is -0.378 e. The lowest BCUT2D eigenvalue weighted by molar-refractivity contribution is -0.119. The van der Waals surface area contributed by atoms with E-state index in [1.807, 2.05) is 33.3 Å². The van der Waals surface area contributed by atoms with Gasteiger partial charge in [0.15, 0.2) is 0 Å². The average Bonchev–Trinajstić information content (AvgIpc) is 2.72. The summed E-state index contributed by atoms with van der Waals surface area (Å²) in [6.07, 6.45) is 0.736. The molecule has 1 aliphatic rings. The Kier molecular flexibility index (Phi) is 3.96. The molecule has 0 N–H and O–H groups in total. The second-order valence-electron chi connectivity index (χ2n) is 5.92. The maximum absolute atomic E-state index is 12.6. The van der Waals surface area contributed by atoms with E-state index in [0.717, 1.165) is 22.1 Å². The lowest BCUT2D eigenvalue weighted by Crippen LogP contribution is -2.24. The van der Waals surface area contributed by atoms with Crippen LogP contribution in [0.5, 0.6) is 0 Å². The van der Waals surface area contributed by atoms with Gasteiger partial charge in [0, 0.05) is 37.0 Å². The van der Waals surface area contributed by atoms with Crippen molar-refractivity contribution in [3.05, 3.63) is 58.1 Å². The third-order valence-electron chi connectivity index (χ3n) is 4.25. The van der Waals surface area contributed by atoms with Crippen molar-refractivity contribution >= 4 is 33.2 Å². The van der Waals surface area contributed by atoms with Crippen LogP contribution < -0.4 is 9.80 Å². The van der Waals surface area contributed by atoms with E-state index in [1.165, 1.54) is 11.3 Å². The van der Waals surface area contributed by atoms with Crippen molar-refractivity contribution in [2.45, 2.75) is 12.3 Å². The Balaban J connectivity index is 1.89. The van der Waals surface area contributed by atoms with Gasteiger partial charge in [-0.1, -0.05) is 28.1 Å². The minimum atomic E-state index is -0.0947. The largest absolute Gasteiger partial charge is 0.378 e. The number of carbonyl (C=O) groups excluding carboxylic acids is 1. The summed E-state index contributed by atoms with van der Waals surface area (Å²) in [7, 11) is 5.90. The number of hydrogen-bond donors (Lipinski definition) is 0. The first-order chi connectivity index (χ1) is 10.5. The Morgan fingerprint density at radius 2 is 1.82 bits per heavy atom. The molecular formula is C18H19BrN2O. The minimum absolute atomic E-state index is 0.0947. The quantitative estimate of drug-likeness (QED) is 0.832. The maximum atomic E-state index is 12.6. The van der Waals surface area contributed by atoms with Gasteiger partial charge in [0.05, 0.1) is 5.92 Å². The third-order valence-corrected chi connectivity index (χ3v) is 4.74. The number of benzene rings is 2. The molecule has 114 valence electrons. The average molecular weight is 359 g/mol. The van der Waals surface area contributed by atoms with E-state index >= 15 is 0 Å². The summed E-state index contributed by atoms with van der Waals surface area (Å²) >= 11 is 3.51. The van der Waals surface area contributed by atoms with E-state index < -0.39 is 0 Å². The lowest BCUT2D eigenvalue weighted by atomic mass is 9.93. The molecule has 0 saturated carbocycles. The molecule has 0 bridgehead atoms. The molecule has 2 aromatic carbocycles. The Bertz CT molecular complexity index is 710. The van der Waals surface area contributed by atoms with Crippen LogP contribution in [-0.2, 0) is 11.2 Å². The first-order valence-electron chi connectivity index (χ1n) is 7.30. The van der Waals surface area contributed by atoms with Gasteiger partial charge in [-0.2, -0.15) is 0 Å². The van der Waals surface area contributed by atoms with Crippen molar-refractivity contribution < 1.29 is 4.79 Å². The van der Waals surface area contributed by atoms with Gasteiger partial charge < -0.3 is 9.80 Å². The molecule has 4 heteroatoms. The number of amides is 1. The van der Waals surface area contributed by atoms with E-state index in [2.05, 4.69) is 51.2 Å². The first kappa shape index (κ1) is 15.1. The van der Waals surface area contributed by atoms with Crippen LogP contribution in [0.4, 0.5) is 11.4 Å². The molecule has 2 aromatic rings. The monoisotopic (exact) mass is 358 g/mol. The van der Waals surface area contributed by atoms with Crippen molar-refractivity contribution in [1.82, 2.24) is 0 Å². The van der Waals surface area contributed by atoms with Gasteiger partial charge in [0.25, 0.3) is 0 Å². The predicted octanol–water partition coefficient (Wildman–Crippen LogP) is 3.82. The molecule has 3 rings (SSSR count). The summed E-state index contributed by atoms with van der Waals surface area (Å²) in [5.41, 5.74) is 4.48. The van der Waals surface area contributed by atoms with Crippen molar-refractivity contribution in [3.8, 4) is 0 Å². The van der Waals surface area contributed by atoms with Crippen molar-refractivity contribution in [2.24, 2.45) is 0 Å². The highest BCUT2D eigenvalue weighted by Gasteiger charge is 2.35. The molecule has 0 spiro atoms. The molecule has 0 fully saturated rings. The molecule has 0 unspecified atom stereocenters. The lowest BCUT2D eigenvalue weighted by Gasteiger charge is -2.14. The molecule has 0 aliphatic carbocycles. The number of fused-ring (bicyclic) bond motifs is 1. The zero-order valence-corrected chi connectivity index (χ0v) is 14.6. The van der Waals surface area contributed by atoms with Crippen LogP contribution in [0.2, 0.25) is 0 Å². The molecule has 0 aromatic heterocycles. The highest BCUT2D eigenvalue weighted by molar-refractivity contribution is 9.10. The van der Waals surface area contributed by atoms with E-state index in [-0.39, 0.29) is 11.8 Å². The summed E-state index contributed by atoms with van der Waals surface area (Å²) in [5.74, 6) is 0.0764. The van der Waals surface area contributed by atoms with Gasteiger partial charge in [-0.25, -0.2) is 0 Å².